The highest BCUT2D eigenvalue weighted by atomic mass is 79.9. The van der Waals surface area contributed by atoms with E-state index in [4.69, 9.17) is 10.5 Å². The lowest BCUT2D eigenvalue weighted by Gasteiger charge is -2.17. The summed E-state index contributed by atoms with van der Waals surface area (Å²) in [7, 11) is 0. The molecule has 0 amide bonds. The first kappa shape index (κ1) is 15.4. The monoisotopic (exact) mass is 370 g/mol. The quantitative estimate of drug-likeness (QED) is 0.598. The molecule has 4 atom stereocenters. The lowest BCUT2D eigenvalue weighted by molar-refractivity contribution is -0.0508. The average molecular weight is 371 g/mol. The minimum absolute atomic E-state index is 0.302. The Morgan fingerprint density at radius 1 is 1.36 bits per heavy atom. The Morgan fingerprint density at radius 2 is 2.14 bits per heavy atom. The third-order valence-corrected chi connectivity index (χ3v) is 3.97. The van der Waals surface area contributed by atoms with Crippen LogP contribution in [0.25, 0.3) is 17.1 Å². The summed E-state index contributed by atoms with van der Waals surface area (Å²) in [4.78, 5) is 9.82. The van der Waals surface area contributed by atoms with Gasteiger partial charge in [-0.2, -0.15) is 0 Å². The van der Waals surface area contributed by atoms with Crippen molar-refractivity contribution in [3.63, 3.8) is 0 Å². The van der Waals surface area contributed by atoms with Gasteiger partial charge < -0.3 is 30.4 Å². The van der Waals surface area contributed by atoms with Crippen molar-refractivity contribution in [2.75, 3.05) is 12.3 Å². The van der Waals surface area contributed by atoms with Crippen molar-refractivity contribution in [3.8, 4) is 0 Å². The fourth-order valence-electron chi connectivity index (χ4n) is 2.64. The zero-order valence-corrected chi connectivity index (χ0v) is 13.0. The van der Waals surface area contributed by atoms with Crippen molar-refractivity contribution in [3.05, 3.63) is 23.1 Å². The molecule has 22 heavy (non-hydrogen) atoms. The van der Waals surface area contributed by atoms with Crippen molar-refractivity contribution in [2.45, 2.75) is 24.5 Å². The van der Waals surface area contributed by atoms with Crippen LogP contribution in [0.3, 0.4) is 0 Å². The molecule has 0 aromatic carbocycles. The van der Waals surface area contributed by atoms with E-state index >= 15 is 0 Å². The highest BCUT2D eigenvalue weighted by Crippen LogP contribution is 2.34. The van der Waals surface area contributed by atoms with Gasteiger partial charge in [0.1, 0.15) is 36.1 Å². The number of nitrogen functional groups attached to an aromatic ring is 1. The Bertz CT molecular complexity index is 719. The fourth-order valence-corrected chi connectivity index (χ4v) is 2.92. The topological polar surface area (TPSA) is 127 Å². The Hall–Kier alpha value is -1.52. The molecule has 2 aromatic rings. The van der Waals surface area contributed by atoms with Crippen LogP contribution in [0.4, 0.5) is 5.82 Å². The molecule has 0 spiro atoms. The lowest BCUT2D eigenvalue weighted by atomic mass is 10.1. The van der Waals surface area contributed by atoms with Gasteiger partial charge in [0.05, 0.1) is 12.0 Å². The number of hydrogen-bond donors (Lipinski definition) is 4. The molecule has 9 heteroatoms. The maximum atomic E-state index is 10.2. The fraction of sp³-hybridized carbons (Fsp3) is 0.385. The Kier molecular flexibility index (Phi) is 4.15. The Morgan fingerprint density at radius 3 is 2.77 bits per heavy atom. The lowest BCUT2D eigenvalue weighted by Crippen LogP contribution is -2.33. The van der Waals surface area contributed by atoms with E-state index in [0.717, 1.165) is 5.56 Å². The average Bonchev–Trinajstić information content (AvgIpc) is 3.00. The van der Waals surface area contributed by atoms with Crippen LogP contribution < -0.4 is 5.73 Å². The van der Waals surface area contributed by atoms with Crippen molar-refractivity contribution < 1.29 is 20.1 Å². The van der Waals surface area contributed by atoms with Crippen LogP contribution in [-0.2, 0) is 4.74 Å². The van der Waals surface area contributed by atoms with Gasteiger partial charge in [-0.05, 0) is 11.1 Å². The molecular formula is C13H15BrN4O4. The number of anilines is 1. The molecule has 3 heterocycles. The van der Waals surface area contributed by atoms with Crippen molar-refractivity contribution in [1.29, 1.82) is 0 Å². The molecular weight excluding hydrogens is 356 g/mol. The second kappa shape index (κ2) is 5.94. The Labute approximate surface area is 134 Å². The van der Waals surface area contributed by atoms with E-state index in [-0.39, 0.29) is 6.61 Å². The second-order valence-corrected chi connectivity index (χ2v) is 5.50. The van der Waals surface area contributed by atoms with E-state index < -0.39 is 24.5 Å². The molecule has 8 nitrogen and oxygen atoms in total. The number of hydrogen-bond acceptors (Lipinski definition) is 7. The third-order valence-electron chi connectivity index (χ3n) is 3.70. The summed E-state index contributed by atoms with van der Waals surface area (Å²) in [6.07, 6.45) is 0.685. The molecule has 0 bridgehead atoms. The minimum Gasteiger partial charge on any atom is -0.394 e. The number of ether oxygens (including phenoxy) is 1. The van der Waals surface area contributed by atoms with Gasteiger partial charge in [0.15, 0.2) is 6.23 Å². The normalized spacial score (nSPS) is 28.9. The van der Waals surface area contributed by atoms with E-state index in [2.05, 4.69) is 25.9 Å². The molecule has 3 rings (SSSR count). The maximum Gasteiger partial charge on any atom is 0.164 e. The SMILES string of the molecule is Nc1ncnc2c1c(/C=C/Br)cn2[C@@H]1O[C@H](CO)[C@@H](O)[C@@H]1O. The molecule has 2 aromatic heterocycles. The summed E-state index contributed by atoms with van der Waals surface area (Å²) >= 11 is 3.21. The van der Waals surface area contributed by atoms with E-state index in [1.165, 1.54) is 6.33 Å². The number of nitrogens with two attached hydrogens (primary N) is 1. The van der Waals surface area contributed by atoms with Crippen molar-refractivity contribution >= 4 is 38.9 Å². The summed E-state index contributed by atoms with van der Waals surface area (Å²) in [5.41, 5.74) is 7.12. The summed E-state index contributed by atoms with van der Waals surface area (Å²) in [6.45, 7) is -0.390. The molecule has 5 N–H and O–H groups in total. The number of nitrogens with zero attached hydrogens (tertiary/aromatic N) is 3. The van der Waals surface area contributed by atoms with Gasteiger partial charge in [-0.15, -0.1) is 0 Å². The third kappa shape index (κ3) is 2.31. The predicted molar refractivity (Wildman–Crippen MR) is 82.9 cm³/mol. The van der Waals surface area contributed by atoms with Crippen molar-refractivity contribution in [2.24, 2.45) is 0 Å². The van der Waals surface area contributed by atoms with Gasteiger partial charge in [-0.1, -0.05) is 15.9 Å². The standard InChI is InChI=1S/C13H15BrN4O4/c14-2-1-6-3-18(12-8(6)11(15)16-5-17-12)13-10(21)9(20)7(4-19)22-13/h1-3,5,7,9-10,13,19-21H,4H2,(H2,15,16,17)/b2-1+/t7-,9-,10+,13-/m1/s1. The minimum atomic E-state index is -1.19. The number of aliphatic hydroxyl groups excluding tert-OH is 3. The van der Waals surface area contributed by atoms with Crippen LogP contribution in [0, 0.1) is 0 Å². The molecule has 0 saturated carbocycles. The summed E-state index contributed by atoms with van der Waals surface area (Å²) in [5.74, 6) is 0.302. The summed E-state index contributed by atoms with van der Waals surface area (Å²) in [5, 5.41) is 29.9. The Balaban J connectivity index is 2.14. The smallest absolute Gasteiger partial charge is 0.164 e. The van der Waals surface area contributed by atoms with Crippen LogP contribution in [-0.4, -0.2) is 54.8 Å². The van der Waals surface area contributed by atoms with Crippen molar-refractivity contribution in [1.82, 2.24) is 14.5 Å². The number of fused-ring (bicyclic) bond motifs is 1. The van der Waals surface area contributed by atoms with Gasteiger partial charge in [0, 0.05) is 11.8 Å². The molecule has 1 aliphatic rings. The van der Waals surface area contributed by atoms with Gasteiger partial charge in [-0.25, -0.2) is 9.97 Å². The largest absolute Gasteiger partial charge is 0.394 e. The highest BCUT2D eigenvalue weighted by molar-refractivity contribution is 9.11. The molecule has 0 radical (unpaired) electrons. The number of rotatable bonds is 3. The molecule has 1 aliphatic heterocycles. The first-order valence-electron chi connectivity index (χ1n) is 6.58. The molecule has 118 valence electrons. The molecule has 0 aliphatic carbocycles. The molecule has 1 saturated heterocycles. The summed E-state index contributed by atoms with van der Waals surface area (Å²) < 4.78 is 7.12. The van der Waals surface area contributed by atoms with Gasteiger partial charge in [0.2, 0.25) is 0 Å². The number of aliphatic hydroxyl groups is 3. The zero-order valence-electron chi connectivity index (χ0n) is 11.4. The van der Waals surface area contributed by atoms with Gasteiger partial charge in [0.25, 0.3) is 0 Å². The van der Waals surface area contributed by atoms with Crippen LogP contribution in [0.1, 0.15) is 11.8 Å². The van der Waals surface area contributed by atoms with Gasteiger partial charge >= 0.3 is 0 Å². The van der Waals surface area contributed by atoms with Crippen LogP contribution in [0.5, 0.6) is 0 Å². The molecule has 1 fully saturated rings. The summed E-state index contributed by atoms with van der Waals surface area (Å²) in [6, 6.07) is 0. The molecule has 0 unspecified atom stereocenters. The van der Waals surface area contributed by atoms with E-state index in [0.29, 0.717) is 16.9 Å². The van der Waals surface area contributed by atoms with E-state index in [9.17, 15) is 15.3 Å². The van der Waals surface area contributed by atoms with Crippen LogP contribution >= 0.6 is 15.9 Å². The first-order chi connectivity index (χ1) is 10.6. The second-order valence-electron chi connectivity index (χ2n) is 4.97. The number of halogens is 1. The van der Waals surface area contributed by atoms with E-state index in [1.54, 1.807) is 21.8 Å². The first-order valence-corrected chi connectivity index (χ1v) is 7.50. The van der Waals surface area contributed by atoms with Crippen LogP contribution in [0.2, 0.25) is 0 Å². The zero-order chi connectivity index (χ0) is 15.9. The van der Waals surface area contributed by atoms with E-state index in [1.807, 2.05) is 0 Å². The predicted octanol–water partition coefficient (Wildman–Crippen LogP) is -0.00940. The number of aromatic nitrogens is 3. The maximum absolute atomic E-state index is 10.2. The van der Waals surface area contributed by atoms with Crippen LogP contribution in [0.15, 0.2) is 17.5 Å². The highest BCUT2D eigenvalue weighted by Gasteiger charge is 2.44. The van der Waals surface area contributed by atoms with Gasteiger partial charge in [-0.3, -0.25) is 0 Å².